The van der Waals surface area contributed by atoms with Gasteiger partial charge < -0.3 is 42.6 Å². The number of aromatic hydroxyl groups is 1. The summed E-state index contributed by atoms with van der Waals surface area (Å²) in [7, 11) is 0. The van der Waals surface area contributed by atoms with Gasteiger partial charge in [0.2, 0.25) is 17.7 Å². The van der Waals surface area contributed by atoms with Crippen LogP contribution >= 0.6 is 0 Å². The smallest absolute Gasteiger partial charge is 0.322 e. The lowest BCUT2D eigenvalue weighted by atomic mass is 10.0. The fourth-order valence-electron chi connectivity index (χ4n) is 3.38. The number of benzene rings is 1. The molecule has 0 saturated carbocycles. The van der Waals surface area contributed by atoms with Crippen LogP contribution in [0.25, 0.3) is 0 Å². The minimum atomic E-state index is -1.24. The summed E-state index contributed by atoms with van der Waals surface area (Å²) in [6.07, 6.45) is 4.75. The van der Waals surface area contributed by atoms with Crippen LogP contribution in [-0.4, -0.2) is 75.1 Å². The van der Waals surface area contributed by atoms with E-state index in [2.05, 4.69) is 25.9 Å². The Labute approximate surface area is 208 Å². The van der Waals surface area contributed by atoms with E-state index >= 15 is 0 Å². The Hall–Kier alpha value is -3.97. The molecular formula is C23H33N7O6. The number of nitrogens with two attached hydrogens (primary N) is 2. The lowest BCUT2D eigenvalue weighted by molar-refractivity contribution is -0.138. The van der Waals surface area contributed by atoms with Crippen molar-refractivity contribution < 1.29 is 29.4 Å². The van der Waals surface area contributed by atoms with E-state index in [1.807, 2.05) is 0 Å². The Bertz CT molecular complexity index is 997. The number of carbonyl (C=O) groups excluding carboxylic acids is 3. The molecule has 3 atom stereocenters. The molecule has 0 saturated heterocycles. The number of H-pyrrole nitrogens is 1. The fourth-order valence-corrected chi connectivity index (χ4v) is 3.38. The molecule has 1 heterocycles. The normalized spacial score (nSPS) is 13.3. The molecule has 0 aliphatic rings. The van der Waals surface area contributed by atoms with Crippen LogP contribution in [0.2, 0.25) is 0 Å². The van der Waals surface area contributed by atoms with Gasteiger partial charge in [0.25, 0.3) is 0 Å². The molecule has 3 amide bonds. The number of carboxylic acid groups (broad SMARTS) is 1. The van der Waals surface area contributed by atoms with E-state index in [0.29, 0.717) is 37.1 Å². The van der Waals surface area contributed by atoms with Gasteiger partial charge in [-0.15, -0.1) is 0 Å². The van der Waals surface area contributed by atoms with Gasteiger partial charge in [-0.05, 0) is 37.1 Å². The van der Waals surface area contributed by atoms with Crippen molar-refractivity contribution in [2.24, 2.45) is 11.5 Å². The zero-order chi connectivity index (χ0) is 26.5. The number of rotatable bonds is 15. The molecule has 13 heteroatoms. The van der Waals surface area contributed by atoms with E-state index in [-0.39, 0.29) is 18.6 Å². The number of imidazole rings is 1. The highest BCUT2D eigenvalue weighted by Crippen LogP contribution is 2.12. The topological polar surface area (TPSA) is 226 Å². The summed E-state index contributed by atoms with van der Waals surface area (Å²) in [6.45, 7) is -0.154. The Morgan fingerprint density at radius 2 is 1.64 bits per heavy atom. The first kappa shape index (κ1) is 28.3. The van der Waals surface area contributed by atoms with Crippen molar-refractivity contribution in [3.8, 4) is 5.75 Å². The van der Waals surface area contributed by atoms with Crippen molar-refractivity contribution in [2.75, 3.05) is 13.1 Å². The van der Waals surface area contributed by atoms with Crippen LogP contribution in [0.1, 0.15) is 30.5 Å². The number of amides is 3. The maximum absolute atomic E-state index is 13.2. The van der Waals surface area contributed by atoms with Crippen LogP contribution in [0.3, 0.4) is 0 Å². The molecule has 1 aromatic heterocycles. The first-order chi connectivity index (χ1) is 17.2. The molecule has 0 aliphatic carbocycles. The number of nitrogens with one attached hydrogen (secondary N) is 4. The molecule has 1 aromatic carbocycles. The third-order valence-electron chi connectivity index (χ3n) is 5.34. The second-order valence-electron chi connectivity index (χ2n) is 8.28. The first-order valence-corrected chi connectivity index (χ1v) is 11.5. The number of unbranched alkanes of at least 4 members (excludes halogenated alkanes) is 1. The third-order valence-corrected chi connectivity index (χ3v) is 5.34. The van der Waals surface area contributed by atoms with Crippen LogP contribution in [0.15, 0.2) is 36.8 Å². The molecule has 0 aliphatic heterocycles. The Kier molecular flexibility index (Phi) is 11.3. The van der Waals surface area contributed by atoms with Crippen LogP contribution < -0.4 is 27.4 Å². The average molecular weight is 504 g/mol. The second-order valence-corrected chi connectivity index (χ2v) is 8.28. The number of aromatic nitrogens is 2. The average Bonchev–Trinajstić information content (AvgIpc) is 3.36. The molecule has 2 aromatic rings. The molecule has 2 rings (SSSR count). The van der Waals surface area contributed by atoms with Crippen molar-refractivity contribution in [3.63, 3.8) is 0 Å². The van der Waals surface area contributed by atoms with Crippen molar-refractivity contribution in [3.05, 3.63) is 48.0 Å². The Balaban J connectivity index is 2.17. The van der Waals surface area contributed by atoms with Gasteiger partial charge in [0.15, 0.2) is 0 Å². The SMILES string of the molecule is NCCCCC(N)C(=O)NC(Cc1cnc[nH]1)C(=O)NC(Cc1ccc(O)cc1)C(=O)NCC(=O)O. The highest BCUT2D eigenvalue weighted by atomic mass is 16.4. The number of phenols is 1. The van der Waals surface area contributed by atoms with Crippen molar-refractivity contribution in [2.45, 2.75) is 50.2 Å². The molecule has 0 bridgehead atoms. The van der Waals surface area contributed by atoms with Crippen molar-refractivity contribution >= 4 is 23.7 Å². The minimum Gasteiger partial charge on any atom is -0.508 e. The van der Waals surface area contributed by atoms with Gasteiger partial charge in [0.1, 0.15) is 24.4 Å². The van der Waals surface area contributed by atoms with E-state index in [4.69, 9.17) is 16.6 Å². The van der Waals surface area contributed by atoms with Gasteiger partial charge in [0, 0.05) is 24.7 Å². The number of hydrogen-bond donors (Lipinski definition) is 8. The highest BCUT2D eigenvalue weighted by Gasteiger charge is 2.29. The summed E-state index contributed by atoms with van der Waals surface area (Å²) in [6, 6.07) is 2.91. The summed E-state index contributed by atoms with van der Waals surface area (Å²) in [5, 5.41) is 25.9. The molecule has 3 unspecified atom stereocenters. The van der Waals surface area contributed by atoms with E-state index in [1.165, 1.54) is 24.7 Å². The van der Waals surface area contributed by atoms with Crippen molar-refractivity contribution in [1.29, 1.82) is 0 Å². The van der Waals surface area contributed by atoms with Gasteiger partial charge >= 0.3 is 5.97 Å². The monoisotopic (exact) mass is 503 g/mol. The number of carboxylic acids is 1. The Morgan fingerprint density at radius 3 is 2.25 bits per heavy atom. The first-order valence-electron chi connectivity index (χ1n) is 11.5. The van der Waals surface area contributed by atoms with Gasteiger partial charge in [0.05, 0.1) is 12.4 Å². The summed E-state index contributed by atoms with van der Waals surface area (Å²) in [5.74, 6) is -3.13. The maximum atomic E-state index is 13.2. The Morgan fingerprint density at radius 1 is 0.972 bits per heavy atom. The van der Waals surface area contributed by atoms with Gasteiger partial charge in [-0.2, -0.15) is 0 Å². The molecule has 10 N–H and O–H groups in total. The molecule has 13 nitrogen and oxygen atoms in total. The highest BCUT2D eigenvalue weighted by molar-refractivity contribution is 5.94. The van der Waals surface area contributed by atoms with Gasteiger partial charge in [-0.1, -0.05) is 18.6 Å². The predicted octanol–water partition coefficient (Wildman–Crippen LogP) is -1.47. The fraction of sp³-hybridized carbons (Fsp3) is 0.435. The van der Waals surface area contributed by atoms with E-state index in [0.717, 1.165) is 0 Å². The van der Waals surface area contributed by atoms with Crippen molar-refractivity contribution in [1.82, 2.24) is 25.9 Å². The lowest BCUT2D eigenvalue weighted by Gasteiger charge is -2.24. The molecule has 196 valence electrons. The van der Waals surface area contributed by atoms with Gasteiger partial charge in [-0.3, -0.25) is 19.2 Å². The summed E-state index contributed by atoms with van der Waals surface area (Å²) in [4.78, 5) is 56.3. The van der Waals surface area contributed by atoms with Gasteiger partial charge in [-0.25, -0.2) is 4.98 Å². The van der Waals surface area contributed by atoms with Crippen LogP contribution in [-0.2, 0) is 32.0 Å². The number of aliphatic carboxylic acids is 1. The zero-order valence-electron chi connectivity index (χ0n) is 19.8. The third kappa shape index (κ3) is 9.72. The number of phenolic OH excluding ortho intramolecular Hbond substituents is 1. The molecular weight excluding hydrogens is 470 g/mol. The van der Waals surface area contributed by atoms with Crippen LogP contribution in [0, 0.1) is 0 Å². The lowest BCUT2D eigenvalue weighted by Crippen LogP contribution is -2.57. The summed E-state index contributed by atoms with van der Waals surface area (Å²) < 4.78 is 0. The zero-order valence-corrected chi connectivity index (χ0v) is 19.8. The molecule has 0 fully saturated rings. The minimum absolute atomic E-state index is 0.0147. The summed E-state index contributed by atoms with van der Waals surface area (Å²) >= 11 is 0. The molecule has 0 radical (unpaired) electrons. The maximum Gasteiger partial charge on any atom is 0.322 e. The predicted molar refractivity (Wildman–Crippen MR) is 129 cm³/mol. The quantitative estimate of drug-likeness (QED) is 0.132. The number of carbonyl (C=O) groups is 4. The number of nitrogens with zero attached hydrogens (tertiary/aromatic N) is 1. The van der Waals surface area contributed by atoms with E-state index in [9.17, 15) is 24.3 Å². The number of hydrogen-bond acceptors (Lipinski definition) is 8. The van der Waals surface area contributed by atoms with E-state index < -0.39 is 48.4 Å². The van der Waals surface area contributed by atoms with Crippen LogP contribution in [0.4, 0.5) is 0 Å². The summed E-state index contributed by atoms with van der Waals surface area (Å²) in [5.41, 5.74) is 12.6. The van der Waals surface area contributed by atoms with Crippen LogP contribution in [0.5, 0.6) is 5.75 Å². The molecule has 36 heavy (non-hydrogen) atoms. The molecule has 0 spiro atoms. The number of aromatic amines is 1. The van der Waals surface area contributed by atoms with E-state index in [1.54, 1.807) is 12.1 Å². The second kappa shape index (κ2) is 14.4. The largest absolute Gasteiger partial charge is 0.508 e. The standard InChI is InChI=1S/C23H33N7O6/c24-8-2-1-3-17(25)21(34)29-19(10-15-11-26-13-28-15)23(36)30-18(22(35)27-12-20(32)33)9-14-4-6-16(31)7-5-14/h4-7,11,13,17-19,31H,1-3,8-10,12,24-25H2,(H,26,28)(H,27,35)(H,29,34)(H,30,36)(H,32,33).